The molecular weight excluding hydrogens is 226 g/mol. The largest absolute Gasteiger partial charge is 0.330 e. The number of hydrogen-bond acceptors (Lipinski definition) is 3. The van der Waals surface area contributed by atoms with Crippen LogP contribution in [0.15, 0.2) is 24.3 Å². The van der Waals surface area contributed by atoms with E-state index < -0.39 is 0 Å². The normalized spacial score (nSPS) is 11.7. The average Bonchev–Trinajstić information content (AvgIpc) is 2.43. The summed E-state index contributed by atoms with van der Waals surface area (Å²) in [6.45, 7) is 2.57. The highest BCUT2D eigenvalue weighted by Crippen LogP contribution is 2.16. The third kappa shape index (κ3) is 3.57. The van der Waals surface area contributed by atoms with Gasteiger partial charge in [0, 0.05) is 19.2 Å². The molecule has 0 spiro atoms. The molecule has 0 heterocycles. The van der Waals surface area contributed by atoms with E-state index in [1.807, 2.05) is 6.92 Å². The smallest absolute Gasteiger partial charge is 0.227 e. The van der Waals surface area contributed by atoms with Crippen molar-refractivity contribution in [2.45, 2.75) is 19.8 Å². The first kappa shape index (κ1) is 14.2. The lowest BCUT2D eigenvalue weighted by atomic mass is 10.0. The van der Waals surface area contributed by atoms with Gasteiger partial charge in [0.2, 0.25) is 5.91 Å². The number of nitriles is 1. The molecule has 1 atom stereocenters. The van der Waals surface area contributed by atoms with Gasteiger partial charge >= 0.3 is 0 Å². The molecular formula is C14H19N3O. The van der Waals surface area contributed by atoms with Gasteiger partial charge < -0.3 is 10.6 Å². The summed E-state index contributed by atoms with van der Waals surface area (Å²) in [5, 5.41) is 8.71. The lowest BCUT2D eigenvalue weighted by molar-refractivity contribution is -0.119. The molecule has 0 aliphatic carbocycles. The number of rotatable bonds is 5. The van der Waals surface area contributed by atoms with Crippen molar-refractivity contribution in [1.82, 2.24) is 0 Å². The molecule has 1 aromatic carbocycles. The molecule has 4 heteroatoms. The van der Waals surface area contributed by atoms with E-state index in [0.717, 1.165) is 12.1 Å². The fourth-order valence-electron chi connectivity index (χ4n) is 1.68. The van der Waals surface area contributed by atoms with Crippen LogP contribution in [-0.4, -0.2) is 19.5 Å². The SMILES string of the molecule is CCC(CN)CC(=O)N(C)c1ccc(C#N)cc1. The van der Waals surface area contributed by atoms with Crippen molar-refractivity contribution in [3.63, 3.8) is 0 Å². The Morgan fingerprint density at radius 2 is 2.06 bits per heavy atom. The van der Waals surface area contributed by atoms with Crippen LogP contribution in [0.2, 0.25) is 0 Å². The number of anilines is 1. The van der Waals surface area contributed by atoms with Gasteiger partial charge in [-0.3, -0.25) is 4.79 Å². The number of amides is 1. The second-order valence-electron chi connectivity index (χ2n) is 4.33. The third-order valence-electron chi connectivity index (χ3n) is 3.13. The van der Waals surface area contributed by atoms with Crippen LogP contribution in [0.4, 0.5) is 5.69 Å². The van der Waals surface area contributed by atoms with Crippen molar-refractivity contribution in [3.8, 4) is 6.07 Å². The van der Waals surface area contributed by atoms with E-state index in [9.17, 15) is 4.79 Å². The predicted octanol–water partition coefficient (Wildman–Crippen LogP) is 1.90. The van der Waals surface area contributed by atoms with Gasteiger partial charge in [-0.05, 0) is 36.7 Å². The molecule has 1 amide bonds. The summed E-state index contributed by atoms with van der Waals surface area (Å²) in [4.78, 5) is 13.6. The Labute approximate surface area is 108 Å². The summed E-state index contributed by atoms with van der Waals surface area (Å²) in [6, 6.07) is 9.02. The zero-order chi connectivity index (χ0) is 13.5. The van der Waals surface area contributed by atoms with Crippen LogP contribution in [0.3, 0.4) is 0 Å². The minimum absolute atomic E-state index is 0.0528. The number of hydrogen-bond donors (Lipinski definition) is 1. The van der Waals surface area contributed by atoms with E-state index in [1.54, 1.807) is 36.2 Å². The van der Waals surface area contributed by atoms with Crippen LogP contribution >= 0.6 is 0 Å². The van der Waals surface area contributed by atoms with Gasteiger partial charge in [0.15, 0.2) is 0 Å². The van der Waals surface area contributed by atoms with Gasteiger partial charge in [-0.15, -0.1) is 0 Å². The number of carbonyl (C=O) groups excluding carboxylic acids is 1. The Morgan fingerprint density at radius 3 is 2.50 bits per heavy atom. The predicted molar refractivity (Wildman–Crippen MR) is 72.0 cm³/mol. The first-order valence-electron chi connectivity index (χ1n) is 6.09. The van der Waals surface area contributed by atoms with E-state index in [1.165, 1.54) is 0 Å². The van der Waals surface area contributed by atoms with Gasteiger partial charge in [0.05, 0.1) is 11.6 Å². The lowest BCUT2D eigenvalue weighted by Crippen LogP contribution is -2.30. The molecule has 1 unspecified atom stereocenters. The van der Waals surface area contributed by atoms with Gasteiger partial charge in [0.1, 0.15) is 0 Å². The first-order chi connectivity index (χ1) is 8.62. The molecule has 96 valence electrons. The summed E-state index contributed by atoms with van der Waals surface area (Å²) >= 11 is 0. The van der Waals surface area contributed by atoms with Crippen LogP contribution in [0.1, 0.15) is 25.3 Å². The van der Waals surface area contributed by atoms with E-state index in [2.05, 4.69) is 6.07 Å². The number of carbonyl (C=O) groups is 1. The van der Waals surface area contributed by atoms with E-state index in [4.69, 9.17) is 11.0 Å². The van der Waals surface area contributed by atoms with Gasteiger partial charge in [0.25, 0.3) is 0 Å². The minimum Gasteiger partial charge on any atom is -0.330 e. The summed E-state index contributed by atoms with van der Waals surface area (Å²) in [6.07, 6.45) is 1.37. The molecule has 0 aliphatic heterocycles. The molecule has 1 aromatic rings. The maximum absolute atomic E-state index is 12.0. The van der Waals surface area contributed by atoms with Gasteiger partial charge in [-0.25, -0.2) is 0 Å². The van der Waals surface area contributed by atoms with Crippen molar-refractivity contribution < 1.29 is 4.79 Å². The molecule has 0 fully saturated rings. The Balaban J connectivity index is 2.71. The molecule has 18 heavy (non-hydrogen) atoms. The standard InChI is InChI=1S/C14H19N3O/c1-3-11(9-15)8-14(18)17(2)13-6-4-12(10-16)5-7-13/h4-7,11H,3,8-9,15H2,1-2H3. The molecule has 1 rings (SSSR count). The minimum atomic E-state index is 0.0528. The Hall–Kier alpha value is -1.86. The maximum atomic E-state index is 12.0. The maximum Gasteiger partial charge on any atom is 0.227 e. The van der Waals surface area contributed by atoms with Crippen LogP contribution < -0.4 is 10.6 Å². The summed E-state index contributed by atoms with van der Waals surface area (Å²) in [7, 11) is 1.74. The van der Waals surface area contributed by atoms with Crippen molar-refractivity contribution in [3.05, 3.63) is 29.8 Å². The van der Waals surface area contributed by atoms with E-state index in [-0.39, 0.29) is 11.8 Å². The molecule has 4 nitrogen and oxygen atoms in total. The Bertz CT molecular complexity index is 429. The first-order valence-corrected chi connectivity index (χ1v) is 6.09. The molecule has 0 bridgehead atoms. The average molecular weight is 245 g/mol. The molecule has 0 saturated heterocycles. The number of benzene rings is 1. The highest BCUT2D eigenvalue weighted by Gasteiger charge is 2.15. The van der Waals surface area contributed by atoms with Crippen molar-refractivity contribution in [2.24, 2.45) is 11.7 Å². The fraction of sp³-hybridized carbons (Fsp3) is 0.429. The summed E-state index contributed by atoms with van der Waals surface area (Å²) in [5.74, 6) is 0.287. The second kappa shape index (κ2) is 6.77. The molecule has 0 aliphatic rings. The van der Waals surface area contributed by atoms with Gasteiger partial charge in [-0.2, -0.15) is 5.26 Å². The fourth-order valence-corrected chi connectivity index (χ4v) is 1.68. The van der Waals surface area contributed by atoms with Crippen molar-refractivity contribution >= 4 is 11.6 Å². The van der Waals surface area contributed by atoms with Crippen molar-refractivity contribution in [1.29, 1.82) is 5.26 Å². The highest BCUT2D eigenvalue weighted by molar-refractivity contribution is 5.92. The third-order valence-corrected chi connectivity index (χ3v) is 3.13. The van der Waals surface area contributed by atoms with Crippen LogP contribution in [-0.2, 0) is 4.79 Å². The topological polar surface area (TPSA) is 70.1 Å². The zero-order valence-electron chi connectivity index (χ0n) is 10.9. The lowest BCUT2D eigenvalue weighted by Gasteiger charge is -2.20. The Kier molecular flexibility index (Phi) is 5.34. The Morgan fingerprint density at radius 1 is 1.44 bits per heavy atom. The molecule has 0 radical (unpaired) electrons. The quantitative estimate of drug-likeness (QED) is 0.861. The zero-order valence-corrected chi connectivity index (χ0v) is 10.9. The number of nitrogens with zero attached hydrogens (tertiary/aromatic N) is 2. The molecule has 0 saturated carbocycles. The van der Waals surface area contributed by atoms with Crippen molar-refractivity contribution in [2.75, 3.05) is 18.5 Å². The van der Waals surface area contributed by atoms with Gasteiger partial charge in [-0.1, -0.05) is 13.3 Å². The highest BCUT2D eigenvalue weighted by atomic mass is 16.2. The second-order valence-corrected chi connectivity index (χ2v) is 4.33. The molecule has 0 aromatic heterocycles. The summed E-state index contributed by atoms with van der Waals surface area (Å²) in [5.41, 5.74) is 6.99. The van der Waals surface area contributed by atoms with E-state index >= 15 is 0 Å². The van der Waals surface area contributed by atoms with Crippen LogP contribution in [0, 0.1) is 17.2 Å². The number of nitrogens with two attached hydrogens (primary N) is 1. The van der Waals surface area contributed by atoms with E-state index in [0.29, 0.717) is 18.5 Å². The molecule has 2 N–H and O–H groups in total. The van der Waals surface area contributed by atoms with Crippen LogP contribution in [0.5, 0.6) is 0 Å². The monoisotopic (exact) mass is 245 g/mol. The van der Waals surface area contributed by atoms with Crippen LogP contribution in [0.25, 0.3) is 0 Å². The summed E-state index contributed by atoms with van der Waals surface area (Å²) < 4.78 is 0.